The fourth-order valence-electron chi connectivity index (χ4n) is 2.02. The summed E-state index contributed by atoms with van der Waals surface area (Å²) in [5.41, 5.74) is 0. The molecule has 0 spiro atoms. The first-order valence-electron chi connectivity index (χ1n) is 5.90. The highest BCUT2D eigenvalue weighted by Gasteiger charge is 2.13. The molecule has 4 heteroatoms. The Hall–Kier alpha value is -0.900. The van der Waals surface area contributed by atoms with Crippen LogP contribution in [0.15, 0.2) is 0 Å². The Kier molecular flexibility index (Phi) is 3.72. The highest BCUT2D eigenvalue weighted by molar-refractivity contribution is 4.96. The summed E-state index contributed by atoms with van der Waals surface area (Å²) >= 11 is 0. The molecule has 0 saturated heterocycles. The van der Waals surface area contributed by atoms with Crippen LogP contribution in [0.2, 0.25) is 0 Å². The van der Waals surface area contributed by atoms with Crippen LogP contribution in [0.5, 0.6) is 0 Å². The molecule has 2 rings (SSSR count). The molecule has 0 fully saturated rings. The van der Waals surface area contributed by atoms with E-state index < -0.39 is 0 Å². The summed E-state index contributed by atoms with van der Waals surface area (Å²) in [4.78, 5) is 0. The van der Waals surface area contributed by atoms with Gasteiger partial charge in [0, 0.05) is 19.6 Å². The molecule has 1 aromatic heterocycles. The first kappa shape index (κ1) is 10.6. The number of ether oxygens (including phenoxy) is 1. The van der Waals surface area contributed by atoms with Crippen LogP contribution in [0.4, 0.5) is 0 Å². The number of aryl methyl sites for hydroxylation is 1. The molecule has 0 radical (unpaired) electrons. The number of aromatic nitrogens is 3. The van der Waals surface area contributed by atoms with Gasteiger partial charge in [-0.3, -0.25) is 0 Å². The van der Waals surface area contributed by atoms with Crippen molar-refractivity contribution in [2.45, 2.75) is 52.2 Å². The third-order valence-corrected chi connectivity index (χ3v) is 2.87. The maximum Gasteiger partial charge on any atom is 0.159 e. The first-order valence-corrected chi connectivity index (χ1v) is 5.90. The lowest BCUT2D eigenvalue weighted by Gasteiger charge is -2.13. The zero-order valence-corrected chi connectivity index (χ0v) is 9.41. The van der Waals surface area contributed by atoms with Gasteiger partial charge in [-0.2, -0.15) is 0 Å². The Balaban J connectivity index is 2.11. The Morgan fingerprint density at radius 1 is 1.20 bits per heavy atom. The topological polar surface area (TPSA) is 39.9 Å². The number of hydrogen-bond acceptors (Lipinski definition) is 3. The van der Waals surface area contributed by atoms with E-state index in [-0.39, 0.29) is 0 Å². The maximum atomic E-state index is 5.39. The van der Waals surface area contributed by atoms with Gasteiger partial charge in [-0.25, -0.2) is 0 Å². The van der Waals surface area contributed by atoms with Crippen LogP contribution in [0.25, 0.3) is 0 Å². The van der Waals surface area contributed by atoms with E-state index in [1.807, 2.05) is 6.92 Å². The van der Waals surface area contributed by atoms with Crippen LogP contribution in [-0.4, -0.2) is 21.4 Å². The van der Waals surface area contributed by atoms with Gasteiger partial charge in [-0.05, 0) is 19.8 Å². The van der Waals surface area contributed by atoms with Crippen molar-refractivity contribution in [1.29, 1.82) is 0 Å². The van der Waals surface area contributed by atoms with Gasteiger partial charge >= 0.3 is 0 Å². The van der Waals surface area contributed by atoms with Crippen molar-refractivity contribution in [2.24, 2.45) is 0 Å². The predicted molar refractivity (Wildman–Crippen MR) is 57.5 cm³/mol. The van der Waals surface area contributed by atoms with Gasteiger partial charge in [0.15, 0.2) is 5.82 Å². The van der Waals surface area contributed by atoms with E-state index in [4.69, 9.17) is 4.74 Å². The maximum absolute atomic E-state index is 5.39. The van der Waals surface area contributed by atoms with Gasteiger partial charge in [0.05, 0.1) is 0 Å². The molecular weight excluding hydrogens is 190 g/mol. The van der Waals surface area contributed by atoms with Gasteiger partial charge in [-0.15, -0.1) is 10.2 Å². The van der Waals surface area contributed by atoms with Crippen molar-refractivity contribution in [3.05, 3.63) is 11.6 Å². The van der Waals surface area contributed by atoms with Crippen LogP contribution in [0, 0.1) is 0 Å². The highest BCUT2D eigenvalue weighted by Crippen LogP contribution is 2.14. The van der Waals surface area contributed by atoms with E-state index in [2.05, 4.69) is 14.8 Å². The molecule has 0 aliphatic carbocycles. The van der Waals surface area contributed by atoms with E-state index in [1.165, 1.54) is 25.7 Å². The summed E-state index contributed by atoms with van der Waals surface area (Å²) in [6.07, 6.45) is 6.20. The summed E-state index contributed by atoms with van der Waals surface area (Å²) < 4.78 is 7.64. The fourth-order valence-corrected chi connectivity index (χ4v) is 2.02. The molecule has 2 heterocycles. The molecule has 0 aromatic carbocycles. The van der Waals surface area contributed by atoms with E-state index in [9.17, 15) is 0 Å². The summed E-state index contributed by atoms with van der Waals surface area (Å²) in [7, 11) is 0. The molecule has 4 nitrogen and oxygen atoms in total. The lowest BCUT2D eigenvalue weighted by Crippen LogP contribution is -2.11. The summed E-state index contributed by atoms with van der Waals surface area (Å²) in [6.45, 7) is 4.40. The highest BCUT2D eigenvalue weighted by atomic mass is 16.5. The van der Waals surface area contributed by atoms with Crippen molar-refractivity contribution in [2.75, 3.05) is 6.61 Å². The summed E-state index contributed by atoms with van der Waals surface area (Å²) in [5.74, 6) is 2.14. The molecule has 0 unspecified atom stereocenters. The van der Waals surface area contributed by atoms with Gasteiger partial charge in [-0.1, -0.05) is 12.8 Å². The molecule has 0 bridgehead atoms. The molecule has 0 N–H and O–H groups in total. The lowest BCUT2D eigenvalue weighted by molar-refractivity contribution is 0.125. The number of hydrogen-bond donors (Lipinski definition) is 0. The van der Waals surface area contributed by atoms with Gasteiger partial charge < -0.3 is 9.30 Å². The molecule has 84 valence electrons. The fraction of sp³-hybridized carbons (Fsp3) is 0.818. The summed E-state index contributed by atoms with van der Waals surface area (Å²) in [6, 6.07) is 0. The van der Waals surface area contributed by atoms with E-state index in [0.717, 1.165) is 31.2 Å². The van der Waals surface area contributed by atoms with Gasteiger partial charge in [0.25, 0.3) is 0 Å². The van der Waals surface area contributed by atoms with E-state index in [0.29, 0.717) is 6.61 Å². The third-order valence-electron chi connectivity index (χ3n) is 2.87. The van der Waals surface area contributed by atoms with E-state index >= 15 is 0 Å². The van der Waals surface area contributed by atoms with Crippen LogP contribution >= 0.6 is 0 Å². The summed E-state index contributed by atoms with van der Waals surface area (Å²) in [5, 5.41) is 8.45. The smallest absolute Gasteiger partial charge is 0.159 e. The molecular formula is C11H19N3O. The largest absolute Gasteiger partial charge is 0.374 e. The predicted octanol–water partition coefficient (Wildman–Crippen LogP) is 1.93. The Labute approximate surface area is 90.7 Å². The van der Waals surface area contributed by atoms with Crippen molar-refractivity contribution >= 4 is 0 Å². The molecule has 1 aliphatic heterocycles. The van der Waals surface area contributed by atoms with Crippen LogP contribution in [0.3, 0.4) is 0 Å². The SMILES string of the molecule is CCOCc1nnc2n1CCCCCC2. The first-order chi connectivity index (χ1) is 7.42. The number of nitrogens with zero attached hydrogens (tertiary/aromatic N) is 3. The van der Waals surface area contributed by atoms with Crippen LogP contribution < -0.4 is 0 Å². The van der Waals surface area contributed by atoms with Crippen molar-refractivity contribution in [3.63, 3.8) is 0 Å². The van der Waals surface area contributed by atoms with Crippen LogP contribution in [0.1, 0.15) is 44.3 Å². The quantitative estimate of drug-likeness (QED) is 0.763. The average molecular weight is 209 g/mol. The molecule has 0 amide bonds. The van der Waals surface area contributed by atoms with Crippen LogP contribution in [-0.2, 0) is 24.3 Å². The Morgan fingerprint density at radius 2 is 2.07 bits per heavy atom. The monoisotopic (exact) mass is 209 g/mol. The third kappa shape index (κ3) is 2.56. The van der Waals surface area contributed by atoms with Crippen molar-refractivity contribution in [1.82, 2.24) is 14.8 Å². The van der Waals surface area contributed by atoms with Crippen molar-refractivity contribution in [3.8, 4) is 0 Å². The molecule has 0 atom stereocenters. The minimum atomic E-state index is 0.601. The van der Waals surface area contributed by atoms with Gasteiger partial charge in [0.2, 0.25) is 0 Å². The second-order valence-electron chi connectivity index (χ2n) is 3.99. The second kappa shape index (κ2) is 5.26. The molecule has 1 aromatic rings. The van der Waals surface area contributed by atoms with Crippen molar-refractivity contribution < 1.29 is 4.74 Å². The molecule has 1 aliphatic rings. The Morgan fingerprint density at radius 3 is 2.93 bits per heavy atom. The lowest BCUT2D eigenvalue weighted by atomic mass is 10.1. The Bertz CT molecular complexity index is 309. The minimum Gasteiger partial charge on any atom is -0.374 e. The zero-order chi connectivity index (χ0) is 10.5. The second-order valence-corrected chi connectivity index (χ2v) is 3.99. The number of rotatable bonds is 3. The minimum absolute atomic E-state index is 0.601. The molecule has 0 saturated carbocycles. The average Bonchev–Trinajstić information content (AvgIpc) is 2.57. The normalized spacial score (nSPS) is 16.9. The zero-order valence-electron chi connectivity index (χ0n) is 9.41. The standard InChI is InChI=1S/C11H19N3O/c1-2-15-9-11-13-12-10-7-5-3-4-6-8-14(10)11/h2-9H2,1H3. The number of fused-ring (bicyclic) bond motifs is 1. The van der Waals surface area contributed by atoms with E-state index in [1.54, 1.807) is 0 Å². The van der Waals surface area contributed by atoms with Gasteiger partial charge in [0.1, 0.15) is 12.4 Å². The molecule has 15 heavy (non-hydrogen) atoms.